The van der Waals surface area contributed by atoms with Crippen LogP contribution in [0, 0.1) is 0 Å². The van der Waals surface area contributed by atoms with Crippen LogP contribution in [0.4, 0.5) is 0 Å². The molecule has 0 fully saturated rings. The minimum atomic E-state index is 0.0668. The van der Waals surface area contributed by atoms with Gasteiger partial charge in [0.2, 0.25) is 11.8 Å². The third kappa shape index (κ3) is 17.3. The van der Waals surface area contributed by atoms with Crippen molar-refractivity contribution in [3.63, 3.8) is 0 Å². The lowest BCUT2D eigenvalue weighted by Gasteiger charge is -2.07. The summed E-state index contributed by atoms with van der Waals surface area (Å²) in [6, 6.07) is 0. The Morgan fingerprint density at radius 1 is 0.542 bits per heavy atom. The molecule has 0 rings (SSSR count). The maximum absolute atomic E-state index is 11.6. The Labute approximate surface area is 149 Å². The molecule has 2 amide bonds. The highest BCUT2D eigenvalue weighted by atomic mass is 16.2. The molecule has 0 saturated carbocycles. The fourth-order valence-corrected chi connectivity index (χ4v) is 2.76. The average Bonchev–Trinajstić information content (AvgIpc) is 2.57. The third-order valence-corrected chi connectivity index (χ3v) is 4.25. The maximum Gasteiger partial charge on any atom is 0.220 e. The summed E-state index contributed by atoms with van der Waals surface area (Å²) < 4.78 is 0. The van der Waals surface area contributed by atoms with Crippen LogP contribution in [-0.4, -0.2) is 24.9 Å². The van der Waals surface area contributed by atoms with Crippen molar-refractivity contribution in [2.45, 2.75) is 104 Å². The molecule has 24 heavy (non-hydrogen) atoms. The van der Waals surface area contributed by atoms with Crippen LogP contribution < -0.4 is 10.6 Å². The first-order chi connectivity index (χ1) is 11.7. The molecule has 0 aromatic carbocycles. The molecule has 0 radical (unpaired) electrons. The number of rotatable bonds is 17. The van der Waals surface area contributed by atoms with Crippen molar-refractivity contribution < 1.29 is 9.59 Å². The van der Waals surface area contributed by atoms with Gasteiger partial charge in [-0.05, 0) is 12.8 Å². The van der Waals surface area contributed by atoms with Crippen LogP contribution >= 0.6 is 0 Å². The molecule has 0 bridgehead atoms. The van der Waals surface area contributed by atoms with Gasteiger partial charge in [0.25, 0.3) is 0 Å². The van der Waals surface area contributed by atoms with Gasteiger partial charge in [0, 0.05) is 25.9 Å². The van der Waals surface area contributed by atoms with E-state index in [0.29, 0.717) is 25.9 Å². The van der Waals surface area contributed by atoms with E-state index in [2.05, 4.69) is 17.6 Å². The van der Waals surface area contributed by atoms with Gasteiger partial charge in [-0.3, -0.25) is 9.59 Å². The molecule has 4 nitrogen and oxygen atoms in total. The zero-order valence-corrected chi connectivity index (χ0v) is 16.1. The maximum atomic E-state index is 11.6. The van der Waals surface area contributed by atoms with E-state index in [0.717, 1.165) is 19.3 Å². The van der Waals surface area contributed by atoms with Crippen LogP contribution in [0.3, 0.4) is 0 Å². The molecule has 0 heterocycles. The summed E-state index contributed by atoms with van der Waals surface area (Å²) in [5, 5.41) is 5.66. The Bertz CT molecular complexity index is 306. The van der Waals surface area contributed by atoms with Gasteiger partial charge in [-0.25, -0.2) is 0 Å². The Kier molecular flexibility index (Phi) is 17.5. The molecule has 0 aliphatic heterocycles. The molecule has 0 aliphatic rings. The van der Waals surface area contributed by atoms with Gasteiger partial charge in [0.1, 0.15) is 0 Å². The molecule has 142 valence electrons. The summed E-state index contributed by atoms with van der Waals surface area (Å²) in [4.78, 5) is 22.9. The fraction of sp³-hybridized carbons (Fsp3) is 0.900. The zero-order chi connectivity index (χ0) is 17.9. The fourth-order valence-electron chi connectivity index (χ4n) is 2.76. The monoisotopic (exact) mass is 340 g/mol. The number of hydrogen-bond donors (Lipinski definition) is 2. The van der Waals surface area contributed by atoms with Crippen LogP contribution in [0.2, 0.25) is 0 Å². The average molecular weight is 341 g/mol. The molecular weight excluding hydrogens is 300 g/mol. The molecule has 0 aromatic heterocycles. The second-order valence-corrected chi connectivity index (χ2v) is 6.74. The molecule has 0 unspecified atom stereocenters. The van der Waals surface area contributed by atoms with Gasteiger partial charge >= 0.3 is 0 Å². The van der Waals surface area contributed by atoms with Gasteiger partial charge in [-0.1, -0.05) is 78.1 Å². The SMILES string of the molecule is CCCCCCCCCCCCCC(=O)NCCNC(=O)CCC. The van der Waals surface area contributed by atoms with Crippen LogP contribution in [0.1, 0.15) is 104 Å². The van der Waals surface area contributed by atoms with Crippen molar-refractivity contribution in [1.82, 2.24) is 10.6 Å². The largest absolute Gasteiger partial charge is 0.354 e. The molecule has 0 aromatic rings. The second-order valence-electron chi connectivity index (χ2n) is 6.74. The lowest BCUT2D eigenvalue weighted by molar-refractivity contribution is -0.123. The highest BCUT2D eigenvalue weighted by Crippen LogP contribution is 2.11. The molecule has 0 atom stereocenters. The number of nitrogens with one attached hydrogen (secondary N) is 2. The lowest BCUT2D eigenvalue weighted by atomic mass is 10.1. The third-order valence-electron chi connectivity index (χ3n) is 4.25. The Balaban J connectivity index is 3.22. The Morgan fingerprint density at radius 3 is 1.42 bits per heavy atom. The highest BCUT2D eigenvalue weighted by molar-refractivity contribution is 5.77. The number of carbonyl (C=O) groups excluding carboxylic acids is 2. The summed E-state index contributed by atoms with van der Waals surface area (Å²) in [6.45, 7) is 5.30. The highest BCUT2D eigenvalue weighted by Gasteiger charge is 2.02. The minimum absolute atomic E-state index is 0.0668. The Hall–Kier alpha value is -1.06. The van der Waals surface area contributed by atoms with Crippen LogP contribution in [0.25, 0.3) is 0 Å². The van der Waals surface area contributed by atoms with Crippen molar-refractivity contribution in [2.75, 3.05) is 13.1 Å². The van der Waals surface area contributed by atoms with Crippen molar-refractivity contribution >= 4 is 11.8 Å². The van der Waals surface area contributed by atoms with E-state index >= 15 is 0 Å². The van der Waals surface area contributed by atoms with E-state index < -0.39 is 0 Å². The smallest absolute Gasteiger partial charge is 0.220 e. The second kappa shape index (κ2) is 18.3. The molecule has 0 saturated heterocycles. The molecule has 4 heteroatoms. The van der Waals surface area contributed by atoms with Gasteiger partial charge in [-0.15, -0.1) is 0 Å². The van der Waals surface area contributed by atoms with Gasteiger partial charge in [0.05, 0.1) is 0 Å². The summed E-state index contributed by atoms with van der Waals surface area (Å²) in [5.74, 6) is 0.174. The van der Waals surface area contributed by atoms with Gasteiger partial charge < -0.3 is 10.6 Å². The van der Waals surface area contributed by atoms with Crippen molar-refractivity contribution in [1.29, 1.82) is 0 Å². The predicted molar refractivity (Wildman–Crippen MR) is 102 cm³/mol. The topological polar surface area (TPSA) is 58.2 Å². The molecular formula is C20H40N2O2. The zero-order valence-electron chi connectivity index (χ0n) is 16.1. The molecule has 0 aliphatic carbocycles. The molecule has 2 N–H and O–H groups in total. The van der Waals surface area contributed by atoms with E-state index in [4.69, 9.17) is 0 Å². The van der Waals surface area contributed by atoms with E-state index in [-0.39, 0.29) is 11.8 Å². The van der Waals surface area contributed by atoms with Crippen molar-refractivity contribution in [2.24, 2.45) is 0 Å². The minimum Gasteiger partial charge on any atom is -0.354 e. The lowest BCUT2D eigenvalue weighted by Crippen LogP contribution is -2.34. The summed E-state index contributed by atoms with van der Waals surface area (Å²) in [6.07, 6.45) is 16.3. The first-order valence-corrected chi connectivity index (χ1v) is 10.2. The standard InChI is InChI=1S/C20H40N2O2/c1-3-5-6-7-8-9-10-11-12-13-14-16-20(24)22-18-17-21-19(23)15-4-2/h3-18H2,1-2H3,(H,21,23)(H,22,24). The number of amides is 2. The first kappa shape index (κ1) is 22.9. The quantitative estimate of drug-likeness (QED) is 0.376. The summed E-state index contributed by atoms with van der Waals surface area (Å²) in [7, 11) is 0. The van der Waals surface area contributed by atoms with Crippen LogP contribution in [0.5, 0.6) is 0 Å². The van der Waals surface area contributed by atoms with Crippen LogP contribution in [0.15, 0.2) is 0 Å². The van der Waals surface area contributed by atoms with E-state index in [1.807, 2.05) is 6.92 Å². The first-order valence-electron chi connectivity index (χ1n) is 10.2. The van der Waals surface area contributed by atoms with E-state index in [9.17, 15) is 9.59 Å². The Morgan fingerprint density at radius 2 is 0.958 bits per heavy atom. The summed E-state index contributed by atoms with van der Waals surface area (Å²) >= 11 is 0. The van der Waals surface area contributed by atoms with Crippen LogP contribution in [-0.2, 0) is 9.59 Å². The van der Waals surface area contributed by atoms with Gasteiger partial charge in [-0.2, -0.15) is 0 Å². The van der Waals surface area contributed by atoms with Gasteiger partial charge in [0.15, 0.2) is 0 Å². The van der Waals surface area contributed by atoms with E-state index in [1.54, 1.807) is 0 Å². The summed E-state index contributed by atoms with van der Waals surface area (Å²) in [5.41, 5.74) is 0. The number of carbonyl (C=O) groups is 2. The number of hydrogen-bond acceptors (Lipinski definition) is 2. The van der Waals surface area contributed by atoms with Crippen molar-refractivity contribution in [3.8, 4) is 0 Å². The van der Waals surface area contributed by atoms with Crippen molar-refractivity contribution in [3.05, 3.63) is 0 Å². The molecule has 0 spiro atoms. The normalized spacial score (nSPS) is 10.6. The van der Waals surface area contributed by atoms with E-state index in [1.165, 1.54) is 57.8 Å². The predicted octanol–water partition coefficient (Wildman–Crippen LogP) is 4.72. The number of unbranched alkanes of at least 4 members (excludes halogenated alkanes) is 10.